The van der Waals surface area contributed by atoms with Crippen LogP contribution >= 0.6 is 15.6 Å². The van der Waals surface area contributed by atoms with E-state index in [1.165, 1.54) is 244 Å². The van der Waals surface area contributed by atoms with Gasteiger partial charge in [0.1, 0.15) is 19.3 Å². The minimum atomic E-state index is -4.96. The van der Waals surface area contributed by atoms with Gasteiger partial charge in [-0.05, 0) is 37.5 Å². The second-order valence-electron chi connectivity index (χ2n) is 30.2. The van der Waals surface area contributed by atoms with Crippen LogP contribution in [-0.2, 0) is 65.4 Å². The minimum absolute atomic E-state index is 0.102. The molecule has 3 N–H and O–H groups in total. The number of rotatable bonds is 81. The van der Waals surface area contributed by atoms with E-state index in [4.69, 9.17) is 37.0 Å². The van der Waals surface area contributed by atoms with E-state index in [2.05, 4.69) is 41.5 Å². The second-order valence-corrected chi connectivity index (χ2v) is 33.1. The minimum Gasteiger partial charge on any atom is -0.462 e. The highest BCUT2D eigenvalue weighted by Gasteiger charge is 2.30. The van der Waals surface area contributed by atoms with Gasteiger partial charge in [-0.2, -0.15) is 0 Å². The number of aliphatic hydroxyl groups is 1. The van der Waals surface area contributed by atoms with Crippen LogP contribution in [0.5, 0.6) is 0 Å². The van der Waals surface area contributed by atoms with Crippen molar-refractivity contribution >= 4 is 39.5 Å². The van der Waals surface area contributed by atoms with Crippen molar-refractivity contribution in [2.75, 3.05) is 39.6 Å². The van der Waals surface area contributed by atoms with Crippen LogP contribution in [0.15, 0.2) is 0 Å². The predicted octanol–water partition coefficient (Wildman–Crippen LogP) is 24.7. The van der Waals surface area contributed by atoms with E-state index < -0.39 is 97.5 Å². The van der Waals surface area contributed by atoms with Crippen molar-refractivity contribution in [1.82, 2.24) is 0 Å². The van der Waals surface area contributed by atoms with Crippen LogP contribution in [-0.4, -0.2) is 96.7 Å². The van der Waals surface area contributed by atoms with Gasteiger partial charge in [0.05, 0.1) is 26.4 Å². The highest BCUT2D eigenvalue weighted by atomic mass is 31.2. The molecule has 0 heterocycles. The first-order valence-corrected chi connectivity index (χ1v) is 45.5. The number of carbonyl (C=O) groups is 4. The zero-order valence-corrected chi connectivity index (χ0v) is 68.0. The van der Waals surface area contributed by atoms with E-state index in [1.54, 1.807) is 0 Å². The lowest BCUT2D eigenvalue weighted by Crippen LogP contribution is -2.30. The summed E-state index contributed by atoms with van der Waals surface area (Å²) in [4.78, 5) is 72.9. The molecule has 0 aliphatic rings. The normalized spacial score (nSPS) is 14.2. The molecule has 0 fully saturated rings. The Balaban J connectivity index is 5.16. The first-order chi connectivity index (χ1) is 48.9. The maximum absolute atomic E-state index is 13.1. The number of phosphoric ester groups is 2. The zero-order chi connectivity index (χ0) is 74.2. The molecule has 0 aromatic carbocycles. The summed E-state index contributed by atoms with van der Waals surface area (Å²) in [6.45, 7) is 9.49. The third-order valence-corrected chi connectivity index (χ3v) is 21.5. The SMILES string of the molecule is CCCCCCCCCCCCCCCCCCCCCCCC(=O)OC[C@H](COP(=O)(O)OC[C@@H](O)COP(=O)(O)OC[C@@H](COC(=O)CCCCCCCCC(C)C)OC(=O)CCCCCCCCC(C)CC)OC(=O)CCCCCCCCCCCCCCCCCCCCCCC. The van der Waals surface area contributed by atoms with Gasteiger partial charge in [0.15, 0.2) is 12.2 Å². The highest BCUT2D eigenvalue weighted by molar-refractivity contribution is 7.47. The van der Waals surface area contributed by atoms with Crippen LogP contribution < -0.4 is 0 Å². The molecule has 0 saturated heterocycles. The van der Waals surface area contributed by atoms with Crippen LogP contribution in [0.4, 0.5) is 0 Å². The van der Waals surface area contributed by atoms with Crippen LogP contribution in [0, 0.1) is 11.8 Å². The molecular weight excluding hydrogens is 1320 g/mol. The molecule has 6 atom stereocenters. The molecule has 0 rings (SSSR count). The number of esters is 4. The molecule has 0 bridgehead atoms. The number of ether oxygens (including phenoxy) is 4. The van der Waals surface area contributed by atoms with Crippen LogP contribution in [0.25, 0.3) is 0 Å². The van der Waals surface area contributed by atoms with Gasteiger partial charge in [-0.1, -0.05) is 382 Å². The molecule has 0 aliphatic heterocycles. The number of hydrogen-bond acceptors (Lipinski definition) is 15. The maximum atomic E-state index is 13.1. The first kappa shape index (κ1) is 99.1. The van der Waals surface area contributed by atoms with Gasteiger partial charge in [-0.3, -0.25) is 37.3 Å². The summed E-state index contributed by atoms with van der Waals surface area (Å²) < 4.78 is 68.6. The third-order valence-electron chi connectivity index (χ3n) is 19.6. The fraction of sp³-hybridized carbons (Fsp3) is 0.951. The second kappa shape index (κ2) is 73.6. The average molecular weight is 1480 g/mol. The summed E-state index contributed by atoms with van der Waals surface area (Å²) in [6, 6.07) is 0. The van der Waals surface area contributed by atoms with Crippen molar-refractivity contribution in [2.24, 2.45) is 11.8 Å². The molecule has 101 heavy (non-hydrogen) atoms. The maximum Gasteiger partial charge on any atom is 0.472 e. The fourth-order valence-corrected chi connectivity index (χ4v) is 14.3. The monoisotopic (exact) mass is 1480 g/mol. The molecule has 17 nitrogen and oxygen atoms in total. The smallest absolute Gasteiger partial charge is 0.462 e. The third kappa shape index (κ3) is 74.7. The molecule has 3 unspecified atom stereocenters. The number of carbonyl (C=O) groups excluding carboxylic acids is 4. The topological polar surface area (TPSA) is 237 Å². The summed E-state index contributed by atoms with van der Waals surface area (Å²) in [6.07, 6.45) is 64.4. The Hall–Kier alpha value is -1.94. The Morgan fingerprint density at radius 2 is 0.505 bits per heavy atom. The largest absolute Gasteiger partial charge is 0.472 e. The Labute approximate surface area is 619 Å². The standard InChI is InChI=1S/C82H160O17P2/c1-7-10-12-14-16-18-20-22-24-26-28-30-32-34-36-38-40-42-44-52-58-64-79(84)92-70-77(98-81(86)66-60-54-45-43-41-39-37-35-33-31-29-27-25-23-21-19-17-15-13-11-8-2)72-96-100(88,89)94-68-76(83)69-95-101(90,91)97-73-78(71-93-80(85)65-59-53-48-46-50-56-62-74(4)5)99-82(87)67-61-55-49-47-51-57-63-75(6)9-3/h74-78,83H,7-73H2,1-6H3,(H,88,89)(H,90,91)/t75?,76-,77-,78-/m1/s1. The number of hydrogen-bond donors (Lipinski definition) is 3. The van der Waals surface area contributed by atoms with E-state index in [0.717, 1.165) is 102 Å². The van der Waals surface area contributed by atoms with E-state index >= 15 is 0 Å². The number of unbranched alkanes of at least 4 members (excludes halogenated alkanes) is 50. The van der Waals surface area contributed by atoms with Crippen LogP contribution in [0.1, 0.15) is 433 Å². The van der Waals surface area contributed by atoms with Gasteiger partial charge in [0, 0.05) is 25.7 Å². The number of phosphoric acid groups is 2. The molecule has 0 aliphatic carbocycles. The summed E-state index contributed by atoms with van der Waals surface area (Å²) in [5.41, 5.74) is 0. The Bertz CT molecular complexity index is 1940. The molecule has 0 amide bonds. The summed E-state index contributed by atoms with van der Waals surface area (Å²) >= 11 is 0. The van der Waals surface area contributed by atoms with Gasteiger partial charge >= 0.3 is 39.5 Å². The van der Waals surface area contributed by atoms with Crippen molar-refractivity contribution < 1.29 is 80.2 Å². The molecular formula is C82H160O17P2. The number of aliphatic hydroxyl groups excluding tert-OH is 1. The lowest BCUT2D eigenvalue weighted by Gasteiger charge is -2.21. The lowest BCUT2D eigenvalue weighted by molar-refractivity contribution is -0.161. The highest BCUT2D eigenvalue weighted by Crippen LogP contribution is 2.45. The zero-order valence-electron chi connectivity index (χ0n) is 66.2. The molecule has 0 radical (unpaired) electrons. The van der Waals surface area contributed by atoms with Crippen LogP contribution in [0.3, 0.4) is 0 Å². The van der Waals surface area contributed by atoms with Gasteiger partial charge in [-0.25, -0.2) is 9.13 Å². The Morgan fingerprint density at radius 3 is 0.752 bits per heavy atom. The average Bonchev–Trinajstić information content (AvgIpc) is 1.02. The molecule has 0 spiro atoms. The summed E-state index contributed by atoms with van der Waals surface area (Å²) in [5, 5.41) is 10.6. The van der Waals surface area contributed by atoms with Gasteiger partial charge in [-0.15, -0.1) is 0 Å². The lowest BCUT2D eigenvalue weighted by atomic mass is 10.00. The van der Waals surface area contributed by atoms with E-state index in [-0.39, 0.29) is 25.7 Å². The van der Waals surface area contributed by atoms with Gasteiger partial charge < -0.3 is 33.8 Å². The predicted molar refractivity (Wildman–Crippen MR) is 414 cm³/mol. The Kier molecular flexibility index (Phi) is 72.2. The summed E-state index contributed by atoms with van der Waals surface area (Å²) in [5.74, 6) is -0.717. The molecule has 0 saturated carbocycles. The molecule has 19 heteroatoms. The van der Waals surface area contributed by atoms with Gasteiger partial charge in [0.25, 0.3) is 0 Å². The Morgan fingerprint density at radius 1 is 0.287 bits per heavy atom. The summed E-state index contributed by atoms with van der Waals surface area (Å²) in [7, 11) is -9.92. The van der Waals surface area contributed by atoms with Crippen molar-refractivity contribution in [3.05, 3.63) is 0 Å². The quantitative estimate of drug-likeness (QED) is 0.0222. The molecule has 0 aromatic heterocycles. The van der Waals surface area contributed by atoms with Crippen molar-refractivity contribution in [1.29, 1.82) is 0 Å². The van der Waals surface area contributed by atoms with Crippen molar-refractivity contribution in [3.63, 3.8) is 0 Å². The van der Waals surface area contributed by atoms with Crippen molar-refractivity contribution in [3.8, 4) is 0 Å². The van der Waals surface area contributed by atoms with E-state index in [1.807, 2.05) is 0 Å². The van der Waals surface area contributed by atoms with E-state index in [9.17, 15) is 43.2 Å². The van der Waals surface area contributed by atoms with Gasteiger partial charge in [0.2, 0.25) is 0 Å². The van der Waals surface area contributed by atoms with Crippen molar-refractivity contribution in [2.45, 2.75) is 452 Å². The molecule has 600 valence electrons. The first-order valence-electron chi connectivity index (χ1n) is 42.5. The molecule has 0 aromatic rings. The fourth-order valence-electron chi connectivity index (χ4n) is 12.7. The van der Waals surface area contributed by atoms with E-state index in [0.29, 0.717) is 31.6 Å². The van der Waals surface area contributed by atoms with Crippen LogP contribution in [0.2, 0.25) is 0 Å².